The van der Waals surface area contributed by atoms with Crippen LogP contribution in [0.5, 0.6) is 0 Å². The number of halogens is 3. The van der Waals surface area contributed by atoms with E-state index in [0.29, 0.717) is 6.07 Å². The van der Waals surface area contributed by atoms with Crippen LogP contribution in [0.25, 0.3) is 0 Å². The Labute approximate surface area is 172 Å². The Bertz CT molecular complexity index is 1130. The minimum atomic E-state index is -4.72. The van der Waals surface area contributed by atoms with E-state index in [4.69, 9.17) is 0 Å². The number of amides is 1. The average molecular weight is 464 g/mol. The molecule has 0 atom stereocenters. The summed E-state index contributed by atoms with van der Waals surface area (Å²) >= 11 is 0. The van der Waals surface area contributed by atoms with Gasteiger partial charge in [0.05, 0.1) is 27.5 Å². The van der Waals surface area contributed by atoms with Crippen LogP contribution in [0.2, 0.25) is 0 Å². The first-order valence-corrected chi connectivity index (χ1v) is 11.9. The van der Waals surface area contributed by atoms with Gasteiger partial charge in [-0.1, -0.05) is 25.1 Å². The lowest BCUT2D eigenvalue weighted by Gasteiger charge is -2.14. The summed E-state index contributed by atoms with van der Waals surface area (Å²) in [5.41, 5.74) is -1.40. The molecule has 0 radical (unpaired) electrons. The molecule has 0 aliphatic rings. The average Bonchev–Trinajstić information content (AvgIpc) is 2.67. The van der Waals surface area contributed by atoms with Crippen molar-refractivity contribution in [2.45, 2.75) is 18.0 Å². The van der Waals surface area contributed by atoms with Crippen LogP contribution in [-0.2, 0) is 26.0 Å². The Hall–Kier alpha value is -2.60. The fourth-order valence-corrected chi connectivity index (χ4v) is 4.20. The quantitative estimate of drug-likeness (QED) is 0.624. The summed E-state index contributed by atoms with van der Waals surface area (Å²) in [5.74, 6) is -1.10. The third kappa shape index (κ3) is 6.20. The van der Waals surface area contributed by atoms with Crippen molar-refractivity contribution >= 4 is 31.5 Å². The van der Waals surface area contributed by atoms with E-state index in [0.717, 1.165) is 18.2 Å². The van der Waals surface area contributed by atoms with Gasteiger partial charge in [0, 0.05) is 12.3 Å². The molecule has 0 aromatic heterocycles. The molecule has 0 unspecified atom stereocenters. The van der Waals surface area contributed by atoms with Crippen molar-refractivity contribution < 1.29 is 34.8 Å². The summed E-state index contributed by atoms with van der Waals surface area (Å²) in [4.78, 5) is 11.7. The van der Waals surface area contributed by atoms with Crippen molar-refractivity contribution in [2.75, 3.05) is 22.8 Å². The molecule has 1 amide bonds. The maximum absolute atomic E-state index is 12.9. The van der Waals surface area contributed by atoms with Gasteiger partial charge in [-0.05, 0) is 30.3 Å². The second kappa shape index (κ2) is 9.04. The normalized spacial score (nSPS) is 12.4. The number of para-hydroxylation sites is 1. The number of carbonyl (C=O) groups is 1. The van der Waals surface area contributed by atoms with Gasteiger partial charge in [-0.25, -0.2) is 16.8 Å². The van der Waals surface area contributed by atoms with Gasteiger partial charge in [-0.3, -0.25) is 9.52 Å². The molecular weight excluding hydrogens is 445 g/mol. The van der Waals surface area contributed by atoms with Crippen LogP contribution in [0.3, 0.4) is 0 Å². The van der Waals surface area contributed by atoms with Crippen molar-refractivity contribution in [2.24, 2.45) is 0 Å². The lowest BCUT2D eigenvalue weighted by molar-refractivity contribution is -0.137. The largest absolute Gasteiger partial charge is 0.416 e. The molecule has 2 rings (SSSR count). The van der Waals surface area contributed by atoms with E-state index in [1.807, 2.05) is 0 Å². The fraction of sp³-hybridized carbons (Fsp3) is 0.278. The third-order valence-electron chi connectivity index (χ3n) is 4.03. The predicted octanol–water partition coefficient (Wildman–Crippen LogP) is 2.67. The lowest BCUT2D eigenvalue weighted by Crippen LogP contribution is -2.30. The zero-order valence-corrected chi connectivity index (χ0v) is 17.4. The number of rotatable bonds is 8. The van der Waals surface area contributed by atoms with Gasteiger partial charge in [-0.2, -0.15) is 13.2 Å². The summed E-state index contributed by atoms with van der Waals surface area (Å²) in [7, 11) is -7.73. The van der Waals surface area contributed by atoms with E-state index < -0.39 is 42.4 Å². The van der Waals surface area contributed by atoms with Crippen LogP contribution in [0.1, 0.15) is 22.8 Å². The van der Waals surface area contributed by atoms with E-state index in [2.05, 4.69) is 10.0 Å². The van der Waals surface area contributed by atoms with E-state index in [-0.39, 0.29) is 29.3 Å². The molecule has 2 aromatic carbocycles. The molecule has 2 aromatic rings. The van der Waals surface area contributed by atoms with Crippen molar-refractivity contribution in [3.8, 4) is 0 Å². The number of hydrogen-bond donors (Lipinski definition) is 2. The summed E-state index contributed by atoms with van der Waals surface area (Å²) < 4.78 is 88.8. The van der Waals surface area contributed by atoms with Crippen LogP contribution in [0, 0.1) is 0 Å². The first-order valence-electron chi connectivity index (χ1n) is 8.63. The molecular formula is C18H19F3N2O5S2. The summed E-state index contributed by atoms with van der Waals surface area (Å²) in [6.45, 7) is 1.29. The minimum Gasteiger partial charge on any atom is -0.351 e. The molecule has 0 heterocycles. The van der Waals surface area contributed by atoms with Gasteiger partial charge >= 0.3 is 6.18 Å². The summed E-state index contributed by atoms with van der Waals surface area (Å²) in [6, 6.07) is 8.64. The predicted molar refractivity (Wildman–Crippen MR) is 105 cm³/mol. The Morgan fingerprint density at radius 1 is 1.00 bits per heavy atom. The SMILES string of the molecule is CCS(=O)(=O)CCNC(=O)c1ccccc1NS(=O)(=O)c1cccc(C(F)(F)F)c1. The van der Waals surface area contributed by atoms with Crippen LogP contribution >= 0.6 is 0 Å². The highest BCUT2D eigenvalue weighted by Crippen LogP contribution is 2.31. The van der Waals surface area contributed by atoms with Crippen LogP contribution in [0.4, 0.5) is 18.9 Å². The van der Waals surface area contributed by atoms with Crippen molar-refractivity contribution in [1.82, 2.24) is 5.32 Å². The number of anilines is 1. The molecule has 0 aliphatic carbocycles. The van der Waals surface area contributed by atoms with E-state index in [9.17, 15) is 34.8 Å². The van der Waals surface area contributed by atoms with Gasteiger partial charge in [0.15, 0.2) is 9.84 Å². The maximum atomic E-state index is 12.9. The molecule has 0 saturated heterocycles. The molecule has 2 N–H and O–H groups in total. The number of benzene rings is 2. The topological polar surface area (TPSA) is 109 Å². The Morgan fingerprint density at radius 2 is 1.67 bits per heavy atom. The molecule has 164 valence electrons. The van der Waals surface area contributed by atoms with Gasteiger partial charge < -0.3 is 5.32 Å². The molecule has 0 spiro atoms. The second-order valence-corrected chi connectivity index (χ2v) is 10.3. The molecule has 0 saturated carbocycles. The lowest BCUT2D eigenvalue weighted by atomic mass is 10.2. The highest BCUT2D eigenvalue weighted by Gasteiger charge is 2.31. The Kier molecular flexibility index (Phi) is 7.14. The Morgan fingerprint density at radius 3 is 2.30 bits per heavy atom. The number of nitrogens with one attached hydrogen (secondary N) is 2. The highest BCUT2D eigenvalue weighted by atomic mass is 32.2. The van der Waals surface area contributed by atoms with Crippen LogP contribution in [-0.4, -0.2) is 40.8 Å². The molecule has 0 bridgehead atoms. The summed E-state index contributed by atoms with van der Waals surface area (Å²) in [5, 5.41) is 2.38. The maximum Gasteiger partial charge on any atom is 0.416 e. The number of sulfonamides is 1. The zero-order chi connectivity index (χ0) is 22.6. The van der Waals surface area contributed by atoms with E-state index in [1.165, 1.54) is 31.2 Å². The molecule has 12 heteroatoms. The van der Waals surface area contributed by atoms with Crippen molar-refractivity contribution in [3.05, 3.63) is 59.7 Å². The molecule has 7 nitrogen and oxygen atoms in total. The fourth-order valence-electron chi connectivity index (χ4n) is 2.37. The summed E-state index contributed by atoms with van der Waals surface area (Å²) in [6.07, 6.45) is -4.72. The van der Waals surface area contributed by atoms with E-state index >= 15 is 0 Å². The van der Waals surface area contributed by atoms with Crippen LogP contribution < -0.4 is 10.0 Å². The van der Waals surface area contributed by atoms with Gasteiger partial charge in [-0.15, -0.1) is 0 Å². The molecule has 0 aliphatic heterocycles. The second-order valence-electron chi connectivity index (χ2n) is 6.17. The van der Waals surface area contributed by atoms with E-state index in [1.54, 1.807) is 0 Å². The van der Waals surface area contributed by atoms with Crippen LogP contribution in [0.15, 0.2) is 53.4 Å². The number of alkyl halides is 3. The van der Waals surface area contributed by atoms with Gasteiger partial charge in [0.2, 0.25) is 0 Å². The standard InChI is InChI=1S/C18H19F3N2O5S2/c1-2-29(25,26)11-10-22-17(24)15-8-3-4-9-16(15)23-30(27,28)14-7-5-6-13(12-14)18(19,20)21/h3-9,12,23H,2,10-11H2,1H3,(H,22,24). The van der Waals surface area contributed by atoms with Gasteiger partial charge in [0.1, 0.15) is 0 Å². The monoisotopic (exact) mass is 464 g/mol. The number of sulfone groups is 1. The smallest absolute Gasteiger partial charge is 0.351 e. The van der Waals surface area contributed by atoms with Gasteiger partial charge in [0.25, 0.3) is 15.9 Å². The zero-order valence-electron chi connectivity index (χ0n) is 15.7. The molecule has 30 heavy (non-hydrogen) atoms. The first kappa shape index (κ1) is 23.7. The van der Waals surface area contributed by atoms with Crippen molar-refractivity contribution in [1.29, 1.82) is 0 Å². The highest BCUT2D eigenvalue weighted by molar-refractivity contribution is 7.92. The van der Waals surface area contributed by atoms with Crippen molar-refractivity contribution in [3.63, 3.8) is 0 Å². The Balaban J connectivity index is 2.24. The molecule has 0 fully saturated rings. The minimum absolute atomic E-state index is 0.0871. The number of carbonyl (C=O) groups excluding carboxylic acids is 1. The number of hydrogen-bond acceptors (Lipinski definition) is 5. The third-order valence-corrected chi connectivity index (χ3v) is 7.10. The first-order chi connectivity index (χ1) is 13.9.